The minimum atomic E-state index is -0.844. The Kier molecular flexibility index (Phi) is 4.86. The number of aromatic nitrogens is 4. The lowest BCUT2D eigenvalue weighted by Crippen LogP contribution is -2.47. The van der Waals surface area contributed by atoms with Crippen molar-refractivity contribution in [3.63, 3.8) is 0 Å². The molecule has 0 N–H and O–H groups in total. The predicted molar refractivity (Wildman–Crippen MR) is 97.6 cm³/mol. The van der Waals surface area contributed by atoms with Crippen molar-refractivity contribution in [2.75, 3.05) is 27.2 Å². The highest BCUT2D eigenvalue weighted by atomic mass is 19.1. The van der Waals surface area contributed by atoms with E-state index in [1.54, 1.807) is 4.90 Å². The zero-order valence-electron chi connectivity index (χ0n) is 16.1. The van der Waals surface area contributed by atoms with Crippen molar-refractivity contribution < 1.29 is 13.6 Å². The van der Waals surface area contributed by atoms with E-state index in [4.69, 9.17) is 0 Å². The van der Waals surface area contributed by atoms with Gasteiger partial charge in [0.15, 0.2) is 5.82 Å². The molecule has 2 heterocycles. The Morgan fingerprint density at radius 3 is 2.68 bits per heavy atom. The van der Waals surface area contributed by atoms with Crippen molar-refractivity contribution in [1.29, 1.82) is 0 Å². The lowest BCUT2D eigenvalue weighted by atomic mass is 9.95. The van der Waals surface area contributed by atoms with Crippen molar-refractivity contribution in [2.45, 2.75) is 43.7 Å². The summed E-state index contributed by atoms with van der Waals surface area (Å²) in [7, 11) is 3.89. The molecule has 1 atom stereocenters. The molecular formula is C19H24F2N6O. The second kappa shape index (κ2) is 7.20. The van der Waals surface area contributed by atoms with Gasteiger partial charge in [0.1, 0.15) is 17.2 Å². The second-order valence-corrected chi connectivity index (χ2v) is 7.91. The fourth-order valence-electron chi connectivity index (χ4n) is 4.44. The van der Waals surface area contributed by atoms with Crippen LogP contribution in [0, 0.1) is 11.6 Å². The van der Waals surface area contributed by atoms with Crippen molar-refractivity contribution in [1.82, 2.24) is 30.0 Å². The standard InChI is InChI=1S/C19H24F2N6O/c1-25(2)19(18-22-23-24-27(18)14-5-3-4-6-14)9-10-26(12-19)17(28)15-8-7-13(20)11-16(15)21/h7-8,11,14H,3-6,9-10,12H2,1-2H3. The highest BCUT2D eigenvalue weighted by Crippen LogP contribution is 2.39. The number of rotatable bonds is 4. The quantitative estimate of drug-likeness (QED) is 0.802. The first kappa shape index (κ1) is 18.9. The summed E-state index contributed by atoms with van der Waals surface area (Å²) in [6.45, 7) is 0.800. The largest absolute Gasteiger partial charge is 0.336 e. The summed E-state index contributed by atoms with van der Waals surface area (Å²) in [5.74, 6) is -1.24. The fourth-order valence-corrected chi connectivity index (χ4v) is 4.44. The van der Waals surface area contributed by atoms with Crippen LogP contribution in [0.4, 0.5) is 8.78 Å². The second-order valence-electron chi connectivity index (χ2n) is 7.91. The highest BCUT2D eigenvalue weighted by molar-refractivity contribution is 5.94. The summed E-state index contributed by atoms with van der Waals surface area (Å²) in [5, 5.41) is 12.5. The van der Waals surface area contributed by atoms with E-state index in [0.717, 1.165) is 43.6 Å². The first-order valence-electron chi connectivity index (χ1n) is 9.62. The molecule has 0 spiro atoms. The van der Waals surface area contributed by atoms with Crippen LogP contribution < -0.4 is 0 Å². The van der Waals surface area contributed by atoms with Crippen LogP contribution in [-0.2, 0) is 5.54 Å². The number of carbonyl (C=O) groups excluding carboxylic acids is 1. The number of benzene rings is 1. The summed E-state index contributed by atoms with van der Waals surface area (Å²) < 4.78 is 29.2. The van der Waals surface area contributed by atoms with Crippen LogP contribution >= 0.6 is 0 Å². The molecule has 1 aliphatic heterocycles. The van der Waals surface area contributed by atoms with Crippen LogP contribution in [0.25, 0.3) is 0 Å². The first-order valence-corrected chi connectivity index (χ1v) is 9.62. The van der Waals surface area contributed by atoms with Gasteiger partial charge in [0.05, 0.1) is 11.6 Å². The monoisotopic (exact) mass is 390 g/mol. The molecule has 1 aromatic heterocycles. The Hall–Kier alpha value is -2.42. The molecule has 0 radical (unpaired) electrons. The number of hydrogen-bond acceptors (Lipinski definition) is 5. The lowest BCUT2D eigenvalue weighted by Gasteiger charge is -2.35. The maximum Gasteiger partial charge on any atom is 0.256 e. The van der Waals surface area contributed by atoms with Gasteiger partial charge in [-0.15, -0.1) is 5.10 Å². The van der Waals surface area contributed by atoms with Gasteiger partial charge in [0, 0.05) is 19.2 Å². The minimum Gasteiger partial charge on any atom is -0.336 e. The lowest BCUT2D eigenvalue weighted by molar-refractivity contribution is 0.0733. The van der Waals surface area contributed by atoms with E-state index in [1.807, 2.05) is 23.7 Å². The zero-order valence-corrected chi connectivity index (χ0v) is 16.1. The number of likely N-dealkylation sites (tertiary alicyclic amines) is 1. The molecule has 1 saturated carbocycles. The molecular weight excluding hydrogens is 366 g/mol. The van der Waals surface area contributed by atoms with Crippen LogP contribution in [-0.4, -0.2) is 63.1 Å². The smallest absolute Gasteiger partial charge is 0.256 e. The number of carbonyl (C=O) groups is 1. The molecule has 1 saturated heterocycles. The summed E-state index contributed by atoms with van der Waals surface area (Å²) in [6, 6.07) is 3.32. The average molecular weight is 390 g/mol. The molecule has 28 heavy (non-hydrogen) atoms. The van der Waals surface area contributed by atoms with Crippen LogP contribution in [0.1, 0.15) is 54.3 Å². The first-order chi connectivity index (χ1) is 13.4. The normalized spacial score (nSPS) is 23.1. The van der Waals surface area contributed by atoms with E-state index < -0.39 is 23.1 Å². The van der Waals surface area contributed by atoms with Gasteiger partial charge in [0.25, 0.3) is 5.91 Å². The number of nitrogens with zero attached hydrogens (tertiary/aromatic N) is 6. The molecule has 1 aliphatic carbocycles. The molecule has 1 amide bonds. The minimum absolute atomic E-state index is 0.119. The number of likely N-dealkylation sites (N-methyl/N-ethyl adjacent to an activating group) is 1. The van der Waals surface area contributed by atoms with E-state index in [2.05, 4.69) is 15.5 Å². The van der Waals surface area contributed by atoms with Crippen LogP contribution in [0.3, 0.4) is 0 Å². The summed E-state index contributed by atoms with van der Waals surface area (Å²) >= 11 is 0. The molecule has 9 heteroatoms. The molecule has 7 nitrogen and oxygen atoms in total. The molecule has 2 fully saturated rings. The summed E-state index contributed by atoms with van der Waals surface area (Å²) in [5.41, 5.74) is -0.663. The Morgan fingerprint density at radius 2 is 2.00 bits per heavy atom. The molecule has 1 aromatic carbocycles. The van der Waals surface area contributed by atoms with Gasteiger partial charge >= 0.3 is 0 Å². The van der Waals surface area contributed by atoms with Crippen molar-refractivity contribution in [3.8, 4) is 0 Å². The number of amides is 1. The maximum absolute atomic E-state index is 14.1. The van der Waals surface area contributed by atoms with Crippen molar-refractivity contribution in [3.05, 3.63) is 41.2 Å². The molecule has 1 unspecified atom stereocenters. The van der Waals surface area contributed by atoms with Gasteiger partial charge in [0.2, 0.25) is 0 Å². The molecule has 0 bridgehead atoms. The summed E-state index contributed by atoms with van der Waals surface area (Å²) in [4.78, 5) is 16.5. The van der Waals surface area contributed by atoms with Crippen LogP contribution in [0.2, 0.25) is 0 Å². The maximum atomic E-state index is 14.1. The summed E-state index contributed by atoms with van der Waals surface area (Å²) in [6.07, 6.45) is 5.05. The van der Waals surface area contributed by atoms with Gasteiger partial charge in [-0.25, -0.2) is 13.5 Å². The predicted octanol–water partition coefficient (Wildman–Crippen LogP) is 2.37. The Morgan fingerprint density at radius 1 is 1.25 bits per heavy atom. The van der Waals surface area contributed by atoms with Crippen LogP contribution in [0.15, 0.2) is 18.2 Å². The van der Waals surface area contributed by atoms with Gasteiger partial charge in [-0.05, 0) is 55.9 Å². The Bertz CT molecular complexity index is 879. The van der Waals surface area contributed by atoms with Gasteiger partial charge < -0.3 is 4.90 Å². The number of hydrogen-bond donors (Lipinski definition) is 0. The highest BCUT2D eigenvalue weighted by Gasteiger charge is 2.48. The molecule has 2 aromatic rings. The van der Waals surface area contributed by atoms with E-state index in [1.165, 1.54) is 6.07 Å². The van der Waals surface area contributed by atoms with Crippen molar-refractivity contribution >= 4 is 5.91 Å². The van der Waals surface area contributed by atoms with Crippen LogP contribution in [0.5, 0.6) is 0 Å². The third-order valence-electron chi connectivity index (χ3n) is 6.13. The average Bonchev–Trinajstić information content (AvgIpc) is 3.40. The topological polar surface area (TPSA) is 67.2 Å². The third-order valence-corrected chi connectivity index (χ3v) is 6.13. The van der Waals surface area contributed by atoms with Gasteiger partial charge in [-0.1, -0.05) is 12.8 Å². The zero-order chi connectivity index (χ0) is 19.9. The Balaban J connectivity index is 1.64. The molecule has 150 valence electrons. The SMILES string of the molecule is CN(C)C1(c2nnnn2C2CCCC2)CCN(C(=O)c2ccc(F)cc2F)C1. The molecule has 2 aliphatic rings. The van der Waals surface area contributed by atoms with E-state index >= 15 is 0 Å². The number of tetrazole rings is 1. The van der Waals surface area contributed by atoms with Crippen molar-refractivity contribution in [2.24, 2.45) is 0 Å². The Labute approximate surface area is 162 Å². The van der Waals surface area contributed by atoms with E-state index in [0.29, 0.717) is 19.5 Å². The fraction of sp³-hybridized carbons (Fsp3) is 0.579. The van der Waals surface area contributed by atoms with Gasteiger partial charge in [-0.2, -0.15) is 0 Å². The van der Waals surface area contributed by atoms with E-state index in [9.17, 15) is 13.6 Å². The van der Waals surface area contributed by atoms with Gasteiger partial charge in [-0.3, -0.25) is 9.69 Å². The third kappa shape index (κ3) is 3.07. The van der Waals surface area contributed by atoms with E-state index in [-0.39, 0.29) is 11.6 Å². The number of halogens is 2. The molecule has 4 rings (SSSR count).